The van der Waals surface area contributed by atoms with E-state index < -0.39 is 0 Å². The Labute approximate surface area is 83.5 Å². The Morgan fingerprint density at radius 3 is 2.92 bits per heavy atom. The summed E-state index contributed by atoms with van der Waals surface area (Å²) in [6, 6.07) is 1.86. The van der Waals surface area contributed by atoms with Gasteiger partial charge in [0, 0.05) is 18.6 Å². The van der Waals surface area contributed by atoms with Crippen LogP contribution in [-0.4, -0.2) is 22.4 Å². The van der Waals surface area contributed by atoms with Crippen LogP contribution < -0.4 is 5.32 Å². The highest BCUT2D eigenvalue weighted by Gasteiger charge is 1.91. The standard InChI is InChI=1S/C9H14ClN3/c10-5-2-1-3-6-12-9-4-7-11-8-13-9/h4,7-8H,1-3,5-6H2,(H,11,12,13). The van der Waals surface area contributed by atoms with Gasteiger partial charge in [-0.1, -0.05) is 6.42 Å². The van der Waals surface area contributed by atoms with E-state index >= 15 is 0 Å². The molecule has 0 bridgehead atoms. The number of anilines is 1. The summed E-state index contributed by atoms with van der Waals surface area (Å²) in [4.78, 5) is 7.88. The third-order valence-corrected chi connectivity index (χ3v) is 1.97. The number of hydrogen-bond donors (Lipinski definition) is 1. The lowest BCUT2D eigenvalue weighted by Crippen LogP contribution is -2.02. The van der Waals surface area contributed by atoms with E-state index in [1.165, 1.54) is 6.42 Å². The van der Waals surface area contributed by atoms with Crippen LogP contribution in [0.15, 0.2) is 18.6 Å². The zero-order valence-electron chi connectivity index (χ0n) is 7.54. The van der Waals surface area contributed by atoms with Crippen LogP contribution in [0.25, 0.3) is 0 Å². The molecule has 0 saturated heterocycles. The molecule has 0 aliphatic rings. The molecule has 1 rings (SSSR count). The fourth-order valence-corrected chi connectivity index (χ4v) is 1.20. The molecule has 3 nitrogen and oxygen atoms in total. The SMILES string of the molecule is ClCCCCCNc1ccncn1. The Morgan fingerprint density at radius 1 is 1.31 bits per heavy atom. The van der Waals surface area contributed by atoms with Crippen LogP contribution in [0.4, 0.5) is 5.82 Å². The summed E-state index contributed by atoms with van der Waals surface area (Å²) < 4.78 is 0. The van der Waals surface area contributed by atoms with E-state index in [9.17, 15) is 0 Å². The van der Waals surface area contributed by atoms with Crippen molar-refractivity contribution in [3.63, 3.8) is 0 Å². The zero-order valence-corrected chi connectivity index (χ0v) is 8.30. The fraction of sp³-hybridized carbons (Fsp3) is 0.556. The van der Waals surface area contributed by atoms with Crippen molar-refractivity contribution in [2.45, 2.75) is 19.3 Å². The minimum absolute atomic E-state index is 0.757. The number of nitrogens with one attached hydrogen (secondary N) is 1. The van der Waals surface area contributed by atoms with Gasteiger partial charge in [0.15, 0.2) is 0 Å². The monoisotopic (exact) mass is 199 g/mol. The fourth-order valence-electron chi connectivity index (χ4n) is 1.01. The van der Waals surface area contributed by atoms with E-state index in [0.717, 1.165) is 31.1 Å². The first kappa shape index (κ1) is 10.3. The summed E-state index contributed by atoms with van der Waals surface area (Å²) >= 11 is 5.56. The van der Waals surface area contributed by atoms with Gasteiger partial charge in [-0.25, -0.2) is 9.97 Å². The number of aromatic nitrogens is 2. The van der Waals surface area contributed by atoms with Crippen molar-refractivity contribution in [3.05, 3.63) is 18.6 Å². The summed E-state index contributed by atoms with van der Waals surface area (Å²) in [5, 5.41) is 3.21. The van der Waals surface area contributed by atoms with Crippen molar-refractivity contribution in [2.24, 2.45) is 0 Å². The Balaban J connectivity index is 2.07. The second-order valence-corrected chi connectivity index (χ2v) is 3.15. The van der Waals surface area contributed by atoms with Crippen LogP contribution in [-0.2, 0) is 0 Å². The molecule has 1 heterocycles. The van der Waals surface area contributed by atoms with E-state index in [0.29, 0.717) is 0 Å². The Kier molecular flexibility index (Phi) is 5.25. The van der Waals surface area contributed by atoms with Crippen LogP contribution in [0.1, 0.15) is 19.3 Å². The molecule has 72 valence electrons. The third-order valence-electron chi connectivity index (χ3n) is 1.70. The van der Waals surface area contributed by atoms with Gasteiger partial charge in [-0.15, -0.1) is 11.6 Å². The van der Waals surface area contributed by atoms with E-state index in [-0.39, 0.29) is 0 Å². The lowest BCUT2D eigenvalue weighted by atomic mass is 10.2. The van der Waals surface area contributed by atoms with Crippen molar-refractivity contribution in [1.82, 2.24) is 9.97 Å². The summed E-state index contributed by atoms with van der Waals surface area (Å²) in [5.74, 6) is 1.65. The number of halogens is 1. The number of nitrogens with zero attached hydrogens (tertiary/aromatic N) is 2. The first-order valence-corrected chi connectivity index (χ1v) is 5.03. The average molecular weight is 200 g/mol. The maximum Gasteiger partial charge on any atom is 0.129 e. The minimum atomic E-state index is 0.757. The molecule has 1 N–H and O–H groups in total. The van der Waals surface area contributed by atoms with Crippen LogP contribution in [0, 0.1) is 0 Å². The molecule has 13 heavy (non-hydrogen) atoms. The summed E-state index contributed by atoms with van der Waals surface area (Å²) in [6.07, 6.45) is 6.67. The lowest BCUT2D eigenvalue weighted by Gasteiger charge is -2.03. The van der Waals surface area contributed by atoms with Crippen molar-refractivity contribution in [3.8, 4) is 0 Å². The van der Waals surface area contributed by atoms with Crippen LogP contribution in [0.3, 0.4) is 0 Å². The van der Waals surface area contributed by atoms with E-state index in [4.69, 9.17) is 11.6 Å². The molecule has 0 aliphatic carbocycles. The maximum absolute atomic E-state index is 5.56. The first-order valence-electron chi connectivity index (χ1n) is 4.49. The minimum Gasteiger partial charge on any atom is -0.370 e. The second kappa shape index (κ2) is 6.66. The van der Waals surface area contributed by atoms with Crippen LogP contribution in [0.5, 0.6) is 0 Å². The summed E-state index contributed by atoms with van der Waals surface area (Å²) in [5.41, 5.74) is 0. The highest BCUT2D eigenvalue weighted by molar-refractivity contribution is 6.17. The molecule has 0 aromatic carbocycles. The van der Waals surface area contributed by atoms with Crippen molar-refractivity contribution in [2.75, 3.05) is 17.7 Å². The summed E-state index contributed by atoms with van der Waals surface area (Å²) in [6.45, 7) is 0.952. The normalized spacial score (nSPS) is 9.92. The number of alkyl halides is 1. The molecule has 1 aromatic rings. The molecule has 0 radical (unpaired) electrons. The van der Waals surface area contributed by atoms with Gasteiger partial charge in [-0.05, 0) is 18.9 Å². The van der Waals surface area contributed by atoms with E-state index in [1.807, 2.05) is 6.07 Å². The summed E-state index contributed by atoms with van der Waals surface area (Å²) in [7, 11) is 0. The smallest absolute Gasteiger partial charge is 0.129 e. The van der Waals surface area contributed by atoms with Gasteiger partial charge in [0.05, 0.1) is 0 Å². The molecule has 0 spiro atoms. The van der Waals surface area contributed by atoms with Crippen LogP contribution in [0.2, 0.25) is 0 Å². The first-order chi connectivity index (χ1) is 6.43. The Morgan fingerprint density at radius 2 is 2.23 bits per heavy atom. The van der Waals surface area contributed by atoms with Crippen molar-refractivity contribution < 1.29 is 0 Å². The Bertz CT molecular complexity index is 215. The largest absolute Gasteiger partial charge is 0.370 e. The maximum atomic E-state index is 5.56. The zero-order chi connectivity index (χ0) is 9.36. The predicted molar refractivity (Wildman–Crippen MR) is 55.1 cm³/mol. The highest BCUT2D eigenvalue weighted by Crippen LogP contribution is 2.00. The van der Waals surface area contributed by atoms with Crippen molar-refractivity contribution >= 4 is 17.4 Å². The predicted octanol–water partition coefficient (Wildman–Crippen LogP) is 2.30. The molecule has 0 atom stereocenters. The molecule has 0 aliphatic heterocycles. The number of hydrogen-bond acceptors (Lipinski definition) is 3. The average Bonchev–Trinajstić information content (AvgIpc) is 2.19. The van der Waals surface area contributed by atoms with Gasteiger partial charge in [0.25, 0.3) is 0 Å². The number of unbranched alkanes of at least 4 members (excludes halogenated alkanes) is 2. The lowest BCUT2D eigenvalue weighted by molar-refractivity contribution is 0.745. The molecule has 0 saturated carbocycles. The van der Waals surface area contributed by atoms with Gasteiger partial charge in [-0.2, -0.15) is 0 Å². The van der Waals surface area contributed by atoms with Gasteiger partial charge >= 0.3 is 0 Å². The second-order valence-electron chi connectivity index (χ2n) is 2.77. The van der Waals surface area contributed by atoms with Gasteiger partial charge in [0.2, 0.25) is 0 Å². The van der Waals surface area contributed by atoms with Gasteiger partial charge in [0.1, 0.15) is 12.1 Å². The molecule has 0 unspecified atom stereocenters. The molecule has 0 amide bonds. The number of rotatable bonds is 6. The van der Waals surface area contributed by atoms with Gasteiger partial charge in [-0.3, -0.25) is 0 Å². The van der Waals surface area contributed by atoms with Crippen molar-refractivity contribution in [1.29, 1.82) is 0 Å². The van der Waals surface area contributed by atoms with Gasteiger partial charge < -0.3 is 5.32 Å². The molecule has 0 fully saturated rings. The molecular formula is C9H14ClN3. The molecular weight excluding hydrogens is 186 g/mol. The molecule has 4 heteroatoms. The third kappa shape index (κ3) is 4.68. The highest BCUT2D eigenvalue weighted by atomic mass is 35.5. The van der Waals surface area contributed by atoms with E-state index in [1.54, 1.807) is 12.5 Å². The Hall–Kier alpha value is -0.830. The molecule has 1 aromatic heterocycles. The quantitative estimate of drug-likeness (QED) is 0.565. The topological polar surface area (TPSA) is 37.8 Å². The van der Waals surface area contributed by atoms with Crippen LogP contribution >= 0.6 is 11.6 Å². The van der Waals surface area contributed by atoms with E-state index in [2.05, 4.69) is 15.3 Å².